The van der Waals surface area contributed by atoms with Crippen molar-refractivity contribution in [2.45, 2.75) is 45.3 Å². The van der Waals surface area contributed by atoms with Crippen LogP contribution in [0.5, 0.6) is 0 Å². The lowest BCUT2D eigenvalue weighted by Crippen LogP contribution is -2.53. The molecule has 0 aliphatic carbocycles. The van der Waals surface area contributed by atoms with Crippen molar-refractivity contribution in [2.24, 2.45) is 0 Å². The third-order valence-corrected chi connectivity index (χ3v) is 2.05. The van der Waals surface area contributed by atoms with Gasteiger partial charge in [-0.3, -0.25) is 10.1 Å². The fraction of sp³-hybridized carbons (Fsp3) is 0.778. The highest BCUT2D eigenvalue weighted by atomic mass is 16.4. The molecule has 0 rings (SSSR count). The maximum absolute atomic E-state index is 10.7. The summed E-state index contributed by atoms with van der Waals surface area (Å²) in [4.78, 5) is 14.1. The Hall–Kier alpha value is -1.08. The van der Waals surface area contributed by atoms with E-state index in [1.807, 2.05) is 6.92 Å². The van der Waals surface area contributed by atoms with Crippen LogP contribution in [0.1, 0.15) is 27.7 Å². The minimum atomic E-state index is -0.974. The molecule has 0 aliphatic rings. The van der Waals surface area contributed by atoms with Crippen LogP contribution in [0.25, 0.3) is 4.85 Å². The summed E-state index contributed by atoms with van der Waals surface area (Å²) >= 11 is 0. The lowest BCUT2D eigenvalue weighted by Gasteiger charge is -2.25. The molecule has 13 heavy (non-hydrogen) atoms. The van der Waals surface area contributed by atoms with Crippen LogP contribution in [0.15, 0.2) is 0 Å². The molecule has 0 amide bonds. The van der Waals surface area contributed by atoms with Crippen molar-refractivity contribution in [1.82, 2.24) is 5.32 Å². The van der Waals surface area contributed by atoms with E-state index in [0.717, 1.165) is 0 Å². The van der Waals surface area contributed by atoms with Crippen LogP contribution in [0.2, 0.25) is 0 Å². The van der Waals surface area contributed by atoms with Crippen molar-refractivity contribution in [1.29, 1.82) is 0 Å². The molecule has 0 saturated carbocycles. The Morgan fingerprint density at radius 2 is 2.00 bits per heavy atom. The number of carboxylic acid groups (broad SMARTS) is 1. The number of hydrogen-bond acceptors (Lipinski definition) is 2. The first kappa shape index (κ1) is 11.9. The first-order valence-corrected chi connectivity index (χ1v) is 4.19. The van der Waals surface area contributed by atoms with E-state index < -0.39 is 11.5 Å². The topological polar surface area (TPSA) is 53.7 Å². The molecule has 2 unspecified atom stereocenters. The molecule has 4 nitrogen and oxygen atoms in total. The van der Waals surface area contributed by atoms with Gasteiger partial charge in [-0.25, -0.2) is 6.57 Å². The zero-order valence-electron chi connectivity index (χ0n) is 8.46. The summed E-state index contributed by atoms with van der Waals surface area (Å²) in [6, 6.07) is -0.331. The zero-order chi connectivity index (χ0) is 10.6. The molecule has 0 aromatic carbocycles. The second-order valence-electron chi connectivity index (χ2n) is 3.73. The summed E-state index contributed by atoms with van der Waals surface area (Å²) in [7, 11) is 0. The molecule has 0 aromatic heterocycles. The Morgan fingerprint density at radius 3 is 2.31 bits per heavy atom. The van der Waals surface area contributed by atoms with E-state index >= 15 is 0 Å². The molecule has 0 fully saturated rings. The van der Waals surface area contributed by atoms with E-state index in [1.54, 1.807) is 20.8 Å². The van der Waals surface area contributed by atoms with Crippen LogP contribution in [-0.4, -0.2) is 28.7 Å². The first-order valence-electron chi connectivity index (χ1n) is 4.19. The van der Waals surface area contributed by atoms with Gasteiger partial charge in [0, 0.05) is 6.92 Å². The van der Waals surface area contributed by atoms with Gasteiger partial charge >= 0.3 is 5.97 Å². The number of aliphatic carboxylic acids is 1. The van der Waals surface area contributed by atoms with Gasteiger partial charge < -0.3 is 9.95 Å². The third kappa shape index (κ3) is 3.43. The number of nitrogens with one attached hydrogen (secondary N) is 1. The molecular formula is C9H16N2O2. The molecule has 74 valence electrons. The van der Waals surface area contributed by atoms with Gasteiger partial charge in [-0.05, 0) is 20.8 Å². The fourth-order valence-electron chi connectivity index (χ4n) is 0.863. The van der Waals surface area contributed by atoms with Crippen molar-refractivity contribution >= 4 is 5.97 Å². The highest BCUT2D eigenvalue weighted by Crippen LogP contribution is 2.07. The summed E-state index contributed by atoms with van der Waals surface area (Å²) in [5.41, 5.74) is -0.974. The van der Waals surface area contributed by atoms with Crippen LogP contribution in [0.4, 0.5) is 0 Å². The summed E-state index contributed by atoms with van der Waals surface area (Å²) in [6.07, 6.45) is 0. The Kier molecular flexibility index (Phi) is 3.89. The van der Waals surface area contributed by atoms with Gasteiger partial charge in [0.05, 0.1) is 6.04 Å². The van der Waals surface area contributed by atoms with Gasteiger partial charge in [-0.2, -0.15) is 0 Å². The Bertz CT molecular complexity index is 230. The van der Waals surface area contributed by atoms with E-state index in [1.165, 1.54) is 0 Å². The molecule has 0 saturated heterocycles. The molecule has 2 N–H and O–H groups in total. The van der Waals surface area contributed by atoms with Crippen LogP contribution >= 0.6 is 0 Å². The summed E-state index contributed by atoms with van der Waals surface area (Å²) in [5, 5.41) is 11.7. The van der Waals surface area contributed by atoms with Crippen LogP contribution in [0.3, 0.4) is 0 Å². The van der Waals surface area contributed by atoms with Crippen molar-refractivity contribution in [3.8, 4) is 0 Å². The van der Waals surface area contributed by atoms with Gasteiger partial charge in [0.15, 0.2) is 0 Å². The molecule has 0 bridgehead atoms. The molecule has 0 radical (unpaired) electrons. The van der Waals surface area contributed by atoms with E-state index in [-0.39, 0.29) is 12.1 Å². The predicted molar refractivity (Wildman–Crippen MR) is 50.4 cm³/mol. The van der Waals surface area contributed by atoms with E-state index in [4.69, 9.17) is 11.7 Å². The summed E-state index contributed by atoms with van der Waals surface area (Å²) < 4.78 is 0. The van der Waals surface area contributed by atoms with Crippen LogP contribution in [-0.2, 0) is 4.79 Å². The number of hydrogen-bond donors (Lipinski definition) is 2. The monoisotopic (exact) mass is 184 g/mol. The highest BCUT2D eigenvalue weighted by Gasteiger charge is 2.31. The lowest BCUT2D eigenvalue weighted by molar-refractivity contribution is -0.143. The Labute approximate surface area is 78.8 Å². The van der Waals surface area contributed by atoms with E-state index in [9.17, 15) is 4.79 Å². The number of carboxylic acids is 1. The van der Waals surface area contributed by atoms with Gasteiger partial charge in [0.25, 0.3) is 0 Å². The summed E-state index contributed by atoms with van der Waals surface area (Å²) in [6.45, 7) is 13.5. The molecule has 0 spiro atoms. The number of rotatable bonds is 4. The minimum Gasteiger partial charge on any atom is -0.480 e. The SMILES string of the molecule is [C-]#[N+]C(C)C(C)NC(C)(C)C(=O)O. The summed E-state index contributed by atoms with van der Waals surface area (Å²) in [5.74, 6) is -0.906. The average Bonchev–Trinajstić information content (AvgIpc) is 2.01. The van der Waals surface area contributed by atoms with Gasteiger partial charge in [0.2, 0.25) is 6.04 Å². The molecule has 2 atom stereocenters. The van der Waals surface area contributed by atoms with Crippen molar-refractivity contribution in [2.75, 3.05) is 0 Å². The quantitative estimate of drug-likeness (QED) is 0.644. The molecular weight excluding hydrogens is 168 g/mol. The van der Waals surface area contributed by atoms with Crippen molar-refractivity contribution in [3.05, 3.63) is 11.4 Å². The number of nitrogens with zero attached hydrogens (tertiary/aromatic N) is 1. The first-order chi connectivity index (χ1) is 5.81. The smallest absolute Gasteiger partial charge is 0.323 e. The van der Waals surface area contributed by atoms with E-state index in [0.29, 0.717) is 0 Å². The standard InChI is InChI=1S/C9H16N2O2/c1-6(10-5)7(2)11-9(3,4)8(12)13/h6-7,11H,1-4H3,(H,12,13). The van der Waals surface area contributed by atoms with Crippen LogP contribution < -0.4 is 5.32 Å². The Balaban J connectivity index is 4.29. The number of carbonyl (C=O) groups is 1. The van der Waals surface area contributed by atoms with Crippen molar-refractivity contribution < 1.29 is 9.90 Å². The van der Waals surface area contributed by atoms with Gasteiger partial charge in [-0.1, -0.05) is 0 Å². The van der Waals surface area contributed by atoms with Gasteiger partial charge in [0.1, 0.15) is 5.54 Å². The molecule has 4 heteroatoms. The second kappa shape index (κ2) is 4.24. The fourth-order valence-corrected chi connectivity index (χ4v) is 0.863. The highest BCUT2D eigenvalue weighted by molar-refractivity contribution is 5.77. The third-order valence-electron chi connectivity index (χ3n) is 2.05. The molecule has 0 aromatic rings. The zero-order valence-corrected chi connectivity index (χ0v) is 8.46. The Morgan fingerprint density at radius 1 is 1.54 bits per heavy atom. The molecule has 0 aliphatic heterocycles. The minimum absolute atomic E-state index is 0.122. The van der Waals surface area contributed by atoms with Crippen molar-refractivity contribution in [3.63, 3.8) is 0 Å². The largest absolute Gasteiger partial charge is 0.480 e. The normalized spacial score (nSPS) is 15.9. The predicted octanol–water partition coefficient (Wildman–Crippen LogP) is 1.14. The maximum atomic E-state index is 10.7. The molecule has 0 heterocycles. The second-order valence-corrected chi connectivity index (χ2v) is 3.73. The lowest BCUT2D eigenvalue weighted by atomic mass is 10.0. The van der Waals surface area contributed by atoms with Crippen LogP contribution in [0, 0.1) is 6.57 Å². The maximum Gasteiger partial charge on any atom is 0.323 e. The van der Waals surface area contributed by atoms with E-state index in [2.05, 4.69) is 10.2 Å². The average molecular weight is 184 g/mol. The van der Waals surface area contributed by atoms with Gasteiger partial charge in [-0.15, -0.1) is 0 Å².